The summed E-state index contributed by atoms with van der Waals surface area (Å²) in [6, 6.07) is 15.4. The van der Waals surface area contributed by atoms with Gasteiger partial charge in [0.1, 0.15) is 0 Å². The molecule has 2 aromatic carbocycles. The van der Waals surface area contributed by atoms with Gasteiger partial charge in [0.2, 0.25) is 0 Å². The van der Waals surface area contributed by atoms with E-state index < -0.39 is 0 Å². The van der Waals surface area contributed by atoms with Gasteiger partial charge in [0.05, 0.1) is 21.3 Å². The standard InChI is InChI=1S/C27H31Cl3N4O/c1-3-11-34(27(35)22-18-24(31-19(22)2)20-7-9-21(28)10-8-20)17-14-32-12-15-33(16-13-32)25-6-4-5-23(29)26(25)30/h4-10,18,31H,3,11-17H2,1-2H3. The Bertz CT molecular complexity index is 1150. The monoisotopic (exact) mass is 532 g/mol. The van der Waals surface area contributed by atoms with Crippen LogP contribution in [0.4, 0.5) is 5.69 Å². The minimum absolute atomic E-state index is 0.0742. The summed E-state index contributed by atoms with van der Waals surface area (Å²) in [7, 11) is 0. The largest absolute Gasteiger partial charge is 0.368 e. The van der Waals surface area contributed by atoms with Gasteiger partial charge in [-0.2, -0.15) is 0 Å². The third kappa shape index (κ3) is 6.15. The number of carbonyl (C=O) groups is 1. The smallest absolute Gasteiger partial charge is 0.255 e. The summed E-state index contributed by atoms with van der Waals surface area (Å²) in [5.41, 5.74) is 4.53. The Labute approximate surface area is 222 Å². The minimum Gasteiger partial charge on any atom is -0.368 e. The highest BCUT2D eigenvalue weighted by Crippen LogP contribution is 2.33. The molecule has 0 saturated carbocycles. The highest BCUT2D eigenvalue weighted by atomic mass is 35.5. The molecule has 1 aliphatic heterocycles. The maximum absolute atomic E-state index is 13.5. The first-order valence-corrected chi connectivity index (χ1v) is 13.2. The molecular weight excluding hydrogens is 503 g/mol. The van der Waals surface area contributed by atoms with Gasteiger partial charge < -0.3 is 14.8 Å². The van der Waals surface area contributed by atoms with Crippen molar-refractivity contribution in [2.24, 2.45) is 0 Å². The number of H-pyrrole nitrogens is 1. The fourth-order valence-corrected chi connectivity index (χ4v) is 5.07. The summed E-state index contributed by atoms with van der Waals surface area (Å²) in [6.45, 7) is 9.93. The Morgan fingerprint density at radius 2 is 1.71 bits per heavy atom. The predicted molar refractivity (Wildman–Crippen MR) is 147 cm³/mol. The van der Waals surface area contributed by atoms with Crippen LogP contribution in [0.3, 0.4) is 0 Å². The number of hydrogen-bond donors (Lipinski definition) is 1. The van der Waals surface area contributed by atoms with Crippen LogP contribution in [0.2, 0.25) is 15.1 Å². The van der Waals surface area contributed by atoms with Crippen LogP contribution in [-0.2, 0) is 0 Å². The molecule has 5 nitrogen and oxygen atoms in total. The number of aromatic amines is 1. The number of halogens is 3. The summed E-state index contributed by atoms with van der Waals surface area (Å²) < 4.78 is 0. The van der Waals surface area contributed by atoms with Crippen LogP contribution in [0.15, 0.2) is 48.5 Å². The minimum atomic E-state index is 0.0742. The van der Waals surface area contributed by atoms with E-state index in [-0.39, 0.29) is 5.91 Å². The van der Waals surface area contributed by atoms with Crippen LogP contribution in [-0.4, -0.2) is 66.5 Å². The van der Waals surface area contributed by atoms with Crippen LogP contribution in [0.5, 0.6) is 0 Å². The highest BCUT2D eigenvalue weighted by Gasteiger charge is 2.23. The molecule has 1 N–H and O–H groups in total. The Kier molecular flexibility index (Phi) is 8.66. The van der Waals surface area contributed by atoms with Crippen molar-refractivity contribution in [3.05, 3.63) is 74.9 Å². The third-order valence-corrected chi connectivity index (χ3v) is 7.57. The molecule has 1 amide bonds. The van der Waals surface area contributed by atoms with E-state index in [4.69, 9.17) is 34.8 Å². The van der Waals surface area contributed by atoms with Crippen molar-refractivity contribution in [3.63, 3.8) is 0 Å². The van der Waals surface area contributed by atoms with Crippen LogP contribution < -0.4 is 4.90 Å². The topological polar surface area (TPSA) is 42.6 Å². The highest BCUT2D eigenvalue weighted by molar-refractivity contribution is 6.43. The molecule has 0 radical (unpaired) electrons. The zero-order valence-corrected chi connectivity index (χ0v) is 22.4. The molecule has 0 aliphatic carbocycles. The van der Waals surface area contributed by atoms with Crippen molar-refractivity contribution in [2.75, 3.05) is 50.7 Å². The van der Waals surface area contributed by atoms with Gasteiger partial charge in [0.25, 0.3) is 5.91 Å². The number of amides is 1. The lowest BCUT2D eigenvalue weighted by atomic mass is 10.1. The summed E-state index contributed by atoms with van der Waals surface area (Å²) in [5.74, 6) is 0.0742. The van der Waals surface area contributed by atoms with E-state index in [1.807, 2.05) is 60.4 Å². The van der Waals surface area contributed by atoms with Gasteiger partial charge >= 0.3 is 0 Å². The SMILES string of the molecule is CCCN(CCN1CCN(c2cccc(Cl)c2Cl)CC1)C(=O)c1cc(-c2ccc(Cl)cc2)[nH]c1C. The zero-order chi connectivity index (χ0) is 24.9. The number of carbonyl (C=O) groups excluding carboxylic acids is 1. The van der Waals surface area contributed by atoms with E-state index in [0.29, 0.717) is 21.6 Å². The number of piperazine rings is 1. The average Bonchev–Trinajstić information content (AvgIpc) is 3.25. The summed E-state index contributed by atoms with van der Waals surface area (Å²) in [5, 5.41) is 1.89. The molecule has 186 valence electrons. The van der Waals surface area contributed by atoms with Gasteiger partial charge in [0, 0.05) is 62.2 Å². The summed E-state index contributed by atoms with van der Waals surface area (Å²) in [4.78, 5) is 23.5. The van der Waals surface area contributed by atoms with Crippen molar-refractivity contribution < 1.29 is 4.79 Å². The molecule has 8 heteroatoms. The molecule has 4 rings (SSSR count). The molecule has 3 aromatic rings. The van der Waals surface area contributed by atoms with E-state index in [1.54, 1.807) is 0 Å². The Morgan fingerprint density at radius 3 is 2.40 bits per heavy atom. The van der Waals surface area contributed by atoms with E-state index in [0.717, 1.165) is 73.9 Å². The number of hydrogen-bond acceptors (Lipinski definition) is 3. The number of aryl methyl sites for hydroxylation is 1. The maximum atomic E-state index is 13.5. The van der Waals surface area contributed by atoms with Gasteiger partial charge in [-0.15, -0.1) is 0 Å². The molecule has 0 bridgehead atoms. The van der Waals surface area contributed by atoms with Crippen molar-refractivity contribution in [1.29, 1.82) is 0 Å². The van der Waals surface area contributed by atoms with Crippen molar-refractivity contribution >= 4 is 46.4 Å². The molecule has 1 fully saturated rings. The molecule has 1 aromatic heterocycles. The summed E-state index contributed by atoms with van der Waals surface area (Å²) >= 11 is 18.6. The summed E-state index contributed by atoms with van der Waals surface area (Å²) in [6.07, 6.45) is 0.917. The second-order valence-corrected chi connectivity index (χ2v) is 10.1. The third-order valence-electron chi connectivity index (χ3n) is 6.51. The van der Waals surface area contributed by atoms with Gasteiger partial charge in [-0.3, -0.25) is 9.69 Å². The number of nitrogens with one attached hydrogen (secondary N) is 1. The predicted octanol–water partition coefficient (Wildman–Crippen LogP) is 6.62. The fourth-order valence-electron chi connectivity index (χ4n) is 4.53. The van der Waals surface area contributed by atoms with E-state index in [2.05, 4.69) is 21.7 Å². The van der Waals surface area contributed by atoms with E-state index in [9.17, 15) is 4.79 Å². The molecular formula is C27H31Cl3N4O. The Morgan fingerprint density at radius 1 is 1.00 bits per heavy atom. The quantitative estimate of drug-likeness (QED) is 0.354. The lowest BCUT2D eigenvalue weighted by Crippen LogP contribution is -2.49. The Balaban J connectivity index is 1.37. The first-order valence-electron chi connectivity index (χ1n) is 12.0. The van der Waals surface area contributed by atoms with Crippen LogP contribution in [0.25, 0.3) is 11.3 Å². The number of aromatic nitrogens is 1. The number of nitrogens with zero attached hydrogens (tertiary/aromatic N) is 3. The Hall–Kier alpha value is -2.18. The molecule has 0 unspecified atom stereocenters. The van der Waals surface area contributed by atoms with E-state index >= 15 is 0 Å². The fraction of sp³-hybridized carbons (Fsp3) is 0.370. The number of anilines is 1. The maximum Gasteiger partial charge on any atom is 0.255 e. The number of rotatable bonds is 8. The molecule has 1 aliphatic rings. The van der Waals surface area contributed by atoms with Crippen LogP contribution >= 0.6 is 34.8 Å². The second kappa shape index (κ2) is 11.7. The van der Waals surface area contributed by atoms with Gasteiger partial charge in [0.15, 0.2) is 0 Å². The second-order valence-electron chi connectivity index (χ2n) is 8.92. The van der Waals surface area contributed by atoms with Crippen molar-refractivity contribution in [3.8, 4) is 11.3 Å². The van der Waals surface area contributed by atoms with Crippen molar-refractivity contribution in [1.82, 2.24) is 14.8 Å². The first kappa shape index (κ1) is 25.9. The van der Waals surface area contributed by atoms with Gasteiger partial charge in [-0.05, 0) is 49.2 Å². The molecule has 35 heavy (non-hydrogen) atoms. The van der Waals surface area contributed by atoms with Crippen LogP contribution in [0, 0.1) is 6.92 Å². The lowest BCUT2D eigenvalue weighted by molar-refractivity contribution is 0.0732. The molecule has 0 spiro atoms. The van der Waals surface area contributed by atoms with Gasteiger partial charge in [-0.1, -0.05) is 59.9 Å². The molecule has 0 atom stereocenters. The van der Waals surface area contributed by atoms with Crippen LogP contribution in [0.1, 0.15) is 29.4 Å². The average molecular weight is 534 g/mol. The lowest BCUT2D eigenvalue weighted by Gasteiger charge is -2.37. The van der Waals surface area contributed by atoms with Crippen molar-refractivity contribution in [2.45, 2.75) is 20.3 Å². The first-order chi connectivity index (χ1) is 16.9. The molecule has 1 saturated heterocycles. The molecule has 2 heterocycles. The van der Waals surface area contributed by atoms with Gasteiger partial charge in [-0.25, -0.2) is 0 Å². The van der Waals surface area contributed by atoms with E-state index in [1.165, 1.54) is 0 Å². The normalized spacial score (nSPS) is 14.4. The zero-order valence-electron chi connectivity index (χ0n) is 20.2. The number of benzene rings is 2.